The van der Waals surface area contributed by atoms with Crippen LogP contribution in [0.4, 0.5) is 0 Å². The van der Waals surface area contributed by atoms with Gasteiger partial charge in [-0.1, -0.05) is 56.7 Å². The Morgan fingerprint density at radius 3 is 2.04 bits per heavy atom. The van der Waals surface area contributed by atoms with E-state index in [-0.39, 0.29) is 0 Å². The fraction of sp³-hybridized carbons (Fsp3) is 0.413. The van der Waals surface area contributed by atoms with E-state index in [0.717, 1.165) is 30.1 Å². The molecule has 0 radical (unpaired) electrons. The Balaban J connectivity index is 0.000000113. The summed E-state index contributed by atoms with van der Waals surface area (Å²) in [5.74, 6) is 4.68. The zero-order chi connectivity index (χ0) is 33.0. The number of hydrogen-bond acceptors (Lipinski definition) is 0. The minimum atomic E-state index is 0.505. The second-order valence-corrected chi connectivity index (χ2v) is 17.6. The van der Waals surface area contributed by atoms with Crippen molar-refractivity contribution in [3.63, 3.8) is 0 Å². The number of fused-ring (bicyclic) bond motifs is 4. The molecule has 4 aromatic carbocycles. The number of hydrogen-bond donors (Lipinski definition) is 0. The van der Waals surface area contributed by atoms with Crippen molar-refractivity contribution in [3.05, 3.63) is 129 Å². The quantitative estimate of drug-likeness (QED) is 0.161. The van der Waals surface area contributed by atoms with Gasteiger partial charge in [-0.15, -0.1) is 11.1 Å². The first-order valence-electron chi connectivity index (χ1n) is 18.0. The predicted octanol–water partition coefficient (Wildman–Crippen LogP) is 11.6. The van der Waals surface area contributed by atoms with Crippen LogP contribution in [0.25, 0.3) is 21.9 Å². The third kappa shape index (κ3) is 6.32. The SMILES string of the molecule is CC1[C-]=CC(C2(C)C3CC4CC(C3)CC2C4)=C1.C[C](=[Zr+2])c1ccc2ccccc2c1.Cc1[c-]c2c(cc1C)-c1cc(C)c(C)cc1C2. The van der Waals surface area contributed by atoms with Crippen LogP contribution < -0.4 is 0 Å². The van der Waals surface area contributed by atoms with Gasteiger partial charge in [-0.2, -0.15) is 34.9 Å². The second-order valence-electron chi connectivity index (χ2n) is 15.7. The Morgan fingerprint density at radius 2 is 1.40 bits per heavy atom. The average Bonchev–Trinajstić information content (AvgIpc) is 3.63. The van der Waals surface area contributed by atoms with Crippen LogP contribution in [0.1, 0.15) is 91.8 Å². The van der Waals surface area contributed by atoms with E-state index in [4.69, 9.17) is 0 Å². The topological polar surface area (TPSA) is 0 Å². The van der Waals surface area contributed by atoms with E-state index in [0.29, 0.717) is 11.3 Å². The molecule has 0 heterocycles. The maximum Gasteiger partial charge on any atom is -0.0253 e. The first kappa shape index (κ1) is 32.9. The van der Waals surface area contributed by atoms with Gasteiger partial charge in [0.1, 0.15) is 0 Å². The standard InChI is InChI=1S/C17H23.C17H17.C12H10.Zr/c1-11-3-4-14(5-11)17(2)15-7-12-6-13(9-15)10-16(17)8-12;1-10-5-14-9-15-6-11(2)13(4)8-17(15)16(14)7-12(10)3;1-2-10-7-8-11-5-3-4-6-12(11)9-10;/h4-5,11-13,15-16H,6-10H2,1-2H3;5,7-8H,9H2,1-4H3;3-9H,1H3;/q2*-1;;+2. The molecule has 1 heteroatoms. The summed E-state index contributed by atoms with van der Waals surface area (Å²) in [6.07, 6.45) is 17.0. The third-order valence-corrected chi connectivity index (χ3v) is 13.3. The molecule has 0 N–H and O–H groups in total. The molecule has 6 aliphatic rings. The van der Waals surface area contributed by atoms with Crippen LogP contribution in [0.3, 0.4) is 0 Å². The molecule has 6 aliphatic carbocycles. The molecule has 1 unspecified atom stereocenters. The smallest absolute Gasteiger partial charge is 0.0253 e. The maximum absolute atomic E-state index is 3.54. The molecule has 238 valence electrons. The van der Waals surface area contributed by atoms with Crippen molar-refractivity contribution in [2.24, 2.45) is 35.0 Å². The summed E-state index contributed by atoms with van der Waals surface area (Å²) in [5, 5.41) is 2.66. The van der Waals surface area contributed by atoms with Crippen molar-refractivity contribution >= 4 is 14.0 Å². The Kier molecular flexibility index (Phi) is 9.11. The molecule has 0 aromatic heterocycles. The van der Waals surface area contributed by atoms with Crippen LogP contribution in [-0.4, -0.2) is 3.21 Å². The normalized spacial score (nSPS) is 27.4. The van der Waals surface area contributed by atoms with E-state index >= 15 is 0 Å². The van der Waals surface area contributed by atoms with Gasteiger partial charge in [-0.25, -0.2) is 6.08 Å². The summed E-state index contributed by atoms with van der Waals surface area (Å²) < 4.78 is 1.46. The van der Waals surface area contributed by atoms with Crippen molar-refractivity contribution in [1.29, 1.82) is 0 Å². The second kappa shape index (κ2) is 13.0. The summed E-state index contributed by atoms with van der Waals surface area (Å²) >= 11 is 1.50. The molecular weight excluding hydrogens is 644 g/mol. The summed E-state index contributed by atoms with van der Waals surface area (Å²) in [7, 11) is 0. The van der Waals surface area contributed by atoms with Crippen molar-refractivity contribution in [2.75, 3.05) is 0 Å². The first-order chi connectivity index (χ1) is 22.5. The van der Waals surface area contributed by atoms with Crippen LogP contribution >= 0.6 is 0 Å². The van der Waals surface area contributed by atoms with E-state index in [9.17, 15) is 0 Å². The summed E-state index contributed by atoms with van der Waals surface area (Å²) in [6.45, 7) is 15.7. The first-order valence-corrected chi connectivity index (χ1v) is 19.2. The van der Waals surface area contributed by atoms with E-state index < -0.39 is 0 Å². The minimum Gasteiger partial charge on any atom is -0.176 e. The zero-order valence-corrected chi connectivity index (χ0v) is 32.0. The Labute approximate surface area is 299 Å². The Hall–Kier alpha value is -2.63. The maximum atomic E-state index is 3.54. The molecule has 0 saturated heterocycles. The summed E-state index contributed by atoms with van der Waals surface area (Å²) in [4.78, 5) is 0. The molecular formula is C46H50Zr. The van der Waals surface area contributed by atoms with Crippen LogP contribution in [0.5, 0.6) is 0 Å². The van der Waals surface area contributed by atoms with E-state index in [1.54, 1.807) is 12.0 Å². The van der Waals surface area contributed by atoms with Crippen LogP contribution in [0, 0.1) is 74.8 Å². The third-order valence-electron chi connectivity index (χ3n) is 12.6. The molecule has 4 saturated carbocycles. The van der Waals surface area contributed by atoms with Gasteiger partial charge in [-0.05, 0) is 92.7 Å². The minimum absolute atomic E-state index is 0.505. The monoisotopic (exact) mass is 692 g/mol. The molecule has 1 atom stereocenters. The van der Waals surface area contributed by atoms with Crippen LogP contribution in [0.2, 0.25) is 0 Å². The van der Waals surface area contributed by atoms with E-state index in [1.165, 1.54) is 114 Å². The van der Waals surface area contributed by atoms with Gasteiger partial charge in [0.2, 0.25) is 0 Å². The largest absolute Gasteiger partial charge is 0.176 e. The fourth-order valence-corrected chi connectivity index (χ4v) is 10.0. The molecule has 0 spiro atoms. The van der Waals surface area contributed by atoms with Gasteiger partial charge in [0.15, 0.2) is 0 Å². The average molecular weight is 694 g/mol. The van der Waals surface area contributed by atoms with Crippen molar-refractivity contribution in [2.45, 2.75) is 87.0 Å². The Morgan fingerprint density at radius 1 is 0.766 bits per heavy atom. The zero-order valence-electron chi connectivity index (χ0n) is 29.6. The molecule has 0 amide bonds. The number of rotatable bonds is 2. The van der Waals surface area contributed by atoms with Gasteiger partial charge >= 0.3 is 93.2 Å². The Bertz CT molecular complexity index is 1830. The molecule has 47 heavy (non-hydrogen) atoms. The fourth-order valence-electron chi connectivity index (χ4n) is 9.63. The molecule has 10 rings (SSSR count). The molecule has 4 bridgehead atoms. The van der Waals surface area contributed by atoms with Gasteiger partial charge in [0.05, 0.1) is 0 Å². The predicted molar refractivity (Wildman–Crippen MR) is 196 cm³/mol. The van der Waals surface area contributed by atoms with Crippen LogP contribution in [0.15, 0.2) is 78.4 Å². The van der Waals surface area contributed by atoms with E-state index in [1.807, 2.05) is 0 Å². The van der Waals surface area contributed by atoms with E-state index in [2.05, 4.69) is 133 Å². The summed E-state index contributed by atoms with van der Waals surface area (Å²) in [6, 6.07) is 25.7. The van der Waals surface area contributed by atoms with Gasteiger partial charge in [0.25, 0.3) is 0 Å². The van der Waals surface area contributed by atoms with Gasteiger partial charge in [-0.3, -0.25) is 6.08 Å². The number of benzene rings is 4. The number of aryl methyl sites for hydroxylation is 4. The number of allylic oxidation sites excluding steroid dienone is 4. The summed E-state index contributed by atoms with van der Waals surface area (Å²) in [5.41, 5.74) is 14.6. The molecule has 0 nitrogen and oxygen atoms in total. The van der Waals surface area contributed by atoms with Crippen molar-refractivity contribution < 1.29 is 24.2 Å². The van der Waals surface area contributed by atoms with Crippen molar-refractivity contribution in [1.82, 2.24) is 0 Å². The molecule has 0 aliphatic heterocycles. The van der Waals surface area contributed by atoms with Crippen LogP contribution in [-0.2, 0) is 30.7 Å². The van der Waals surface area contributed by atoms with Gasteiger partial charge < -0.3 is 0 Å². The molecule has 4 fully saturated rings. The van der Waals surface area contributed by atoms with Crippen molar-refractivity contribution in [3.8, 4) is 11.1 Å². The van der Waals surface area contributed by atoms with Gasteiger partial charge in [0, 0.05) is 0 Å². The molecule has 4 aromatic rings.